The minimum Gasteiger partial charge on any atom is -0.368 e. The highest BCUT2D eigenvalue weighted by atomic mass is 35.5. The van der Waals surface area contributed by atoms with Crippen molar-refractivity contribution in [3.63, 3.8) is 0 Å². The Morgan fingerprint density at radius 1 is 0.964 bits per heavy atom. The molecule has 0 aliphatic heterocycles. The molecule has 142 valence electrons. The number of aromatic nitrogens is 2. The number of anilines is 2. The first-order chi connectivity index (χ1) is 13.5. The number of carbonyl (C=O) groups is 2. The summed E-state index contributed by atoms with van der Waals surface area (Å²) in [4.78, 5) is 31.9. The molecule has 0 aliphatic carbocycles. The number of nitrogens with zero attached hydrogens (tertiary/aromatic N) is 2. The van der Waals surface area contributed by atoms with Crippen molar-refractivity contribution in [1.82, 2.24) is 9.97 Å². The standard InChI is InChI=1S/C21H19ClN4O2/c1-14(27)16-4-8-18(9-5-16)26-21(28)19-12-25-20(13-24-19)23-11-10-15-2-6-17(22)7-3-15/h2-9,12-13H,10-11H2,1H3,(H,23,25)(H,26,28). The van der Waals surface area contributed by atoms with Crippen LogP contribution < -0.4 is 10.6 Å². The number of amides is 1. The monoisotopic (exact) mass is 394 g/mol. The molecule has 0 unspecified atom stereocenters. The lowest BCUT2D eigenvalue weighted by molar-refractivity contribution is 0.101. The van der Waals surface area contributed by atoms with Gasteiger partial charge in [-0.05, 0) is 55.3 Å². The van der Waals surface area contributed by atoms with Crippen molar-refractivity contribution in [1.29, 1.82) is 0 Å². The van der Waals surface area contributed by atoms with Crippen LogP contribution in [0.1, 0.15) is 33.3 Å². The number of carbonyl (C=O) groups excluding carboxylic acids is 2. The summed E-state index contributed by atoms with van der Waals surface area (Å²) in [6, 6.07) is 14.4. The molecule has 2 aromatic carbocycles. The average molecular weight is 395 g/mol. The van der Waals surface area contributed by atoms with Crippen LogP contribution in [-0.2, 0) is 6.42 Å². The molecule has 6 nitrogen and oxygen atoms in total. The molecule has 1 aromatic heterocycles. The number of nitrogens with one attached hydrogen (secondary N) is 2. The summed E-state index contributed by atoms with van der Waals surface area (Å²) in [5.41, 5.74) is 2.55. The van der Waals surface area contributed by atoms with Crippen LogP contribution in [0, 0.1) is 0 Å². The Bertz CT molecular complexity index is 955. The number of hydrogen-bond donors (Lipinski definition) is 2. The first-order valence-electron chi connectivity index (χ1n) is 8.74. The molecule has 0 bridgehead atoms. The van der Waals surface area contributed by atoms with Gasteiger partial charge in [0, 0.05) is 22.8 Å². The Morgan fingerprint density at radius 3 is 2.29 bits per heavy atom. The fourth-order valence-corrected chi connectivity index (χ4v) is 2.63. The van der Waals surface area contributed by atoms with E-state index in [0.29, 0.717) is 28.6 Å². The van der Waals surface area contributed by atoms with E-state index in [1.54, 1.807) is 24.3 Å². The van der Waals surface area contributed by atoms with Crippen molar-refractivity contribution < 1.29 is 9.59 Å². The Hall–Kier alpha value is -3.25. The molecule has 0 radical (unpaired) electrons. The van der Waals surface area contributed by atoms with Gasteiger partial charge in [-0.15, -0.1) is 0 Å². The van der Waals surface area contributed by atoms with Crippen molar-refractivity contribution in [3.8, 4) is 0 Å². The summed E-state index contributed by atoms with van der Waals surface area (Å²) in [7, 11) is 0. The molecule has 0 saturated heterocycles. The fourth-order valence-electron chi connectivity index (χ4n) is 2.51. The predicted molar refractivity (Wildman–Crippen MR) is 110 cm³/mol. The molecular formula is C21H19ClN4O2. The van der Waals surface area contributed by atoms with Crippen LogP contribution in [0.25, 0.3) is 0 Å². The predicted octanol–water partition coefficient (Wildman–Crippen LogP) is 4.24. The minimum atomic E-state index is -0.365. The van der Waals surface area contributed by atoms with Gasteiger partial charge in [-0.3, -0.25) is 9.59 Å². The highest BCUT2D eigenvalue weighted by Gasteiger charge is 2.09. The minimum absolute atomic E-state index is 0.0251. The van der Waals surface area contributed by atoms with Gasteiger partial charge in [0.15, 0.2) is 5.78 Å². The lowest BCUT2D eigenvalue weighted by atomic mass is 10.1. The Kier molecular flexibility index (Phi) is 6.34. The molecule has 0 saturated carbocycles. The van der Waals surface area contributed by atoms with Crippen molar-refractivity contribution in [2.75, 3.05) is 17.2 Å². The van der Waals surface area contributed by atoms with E-state index in [2.05, 4.69) is 20.6 Å². The molecule has 28 heavy (non-hydrogen) atoms. The summed E-state index contributed by atoms with van der Waals surface area (Å²) in [6.45, 7) is 2.18. The van der Waals surface area contributed by atoms with E-state index in [1.807, 2.05) is 24.3 Å². The summed E-state index contributed by atoms with van der Waals surface area (Å²) < 4.78 is 0. The highest BCUT2D eigenvalue weighted by Crippen LogP contribution is 2.12. The first kappa shape index (κ1) is 19.5. The first-order valence-corrected chi connectivity index (χ1v) is 9.12. The molecular weight excluding hydrogens is 376 g/mol. The Morgan fingerprint density at radius 2 is 1.68 bits per heavy atom. The topological polar surface area (TPSA) is 84.0 Å². The molecule has 1 heterocycles. The SMILES string of the molecule is CC(=O)c1ccc(NC(=O)c2cnc(NCCc3ccc(Cl)cc3)cn2)cc1. The molecule has 3 aromatic rings. The van der Waals surface area contributed by atoms with Crippen LogP contribution in [0.2, 0.25) is 5.02 Å². The van der Waals surface area contributed by atoms with E-state index in [-0.39, 0.29) is 17.4 Å². The number of halogens is 1. The maximum Gasteiger partial charge on any atom is 0.275 e. The molecule has 3 rings (SSSR count). The van der Waals surface area contributed by atoms with Gasteiger partial charge in [0.25, 0.3) is 5.91 Å². The molecule has 1 amide bonds. The maximum absolute atomic E-state index is 12.3. The third-order valence-electron chi connectivity index (χ3n) is 4.07. The highest BCUT2D eigenvalue weighted by molar-refractivity contribution is 6.30. The number of rotatable bonds is 7. The van der Waals surface area contributed by atoms with Crippen LogP contribution >= 0.6 is 11.6 Å². The molecule has 0 aliphatic rings. The second-order valence-electron chi connectivity index (χ2n) is 6.18. The van der Waals surface area contributed by atoms with E-state index in [4.69, 9.17) is 11.6 Å². The summed E-state index contributed by atoms with van der Waals surface area (Å²) in [6.07, 6.45) is 3.76. The van der Waals surface area contributed by atoms with Gasteiger partial charge in [0.05, 0.1) is 12.4 Å². The molecule has 0 spiro atoms. The molecule has 2 N–H and O–H groups in total. The normalized spacial score (nSPS) is 10.4. The van der Waals surface area contributed by atoms with Gasteiger partial charge < -0.3 is 10.6 Å². The van der Waals surface area contributed by atoms with Gasteiger partial charge in [-0.25, -0.2) is 9.97 Å². The largest absolute Gasteiger partial charge is 0.368 e. The van der Waals surface area contributed by atoms with Crippen molar-refractivity contribution >= 4 is 34.8 Å². The van der Waals surface area contributed by atoms with Crippen LogP contribution in [0.15, 0.2) is 60.9 Å². The molecule has 7 heteroatoms. The number of hydrogen-bond acceptors (Lipinski definition) is 5. The zero-order chi connectivity index (χ0) is 19.9. The zero-order valence-corrected chi connectivity index (χ0v) is 16.0. The van der Waals surface area contributed by atoms with Gasteiger partial charge in [-0.1, -0.05) is 23.7 Å². The number of benzene rings is 2. The fraction of sp³-hybridized carbons (Fsp3) is 0.143. The second kappa shape index (κ2) is 9.10. The van der Waals surface area contributed by atoms with E-state index in [1.165, 1.54) is 19.3 Å². The van der Waals surface area contributed by atoms with Crippen LogP contribution in [0.5, 0.6) is 0 Å². The lowest BCUT2D eigenvalue weighted by Gasteiger charge is -2.07. The summed E-state index contributed by atoms with van der Waals surface area (Å²) >= 11 is 5.87. The molecule has 0 atom stereocenters. The smallest absolute Gasteiger partial charge is 0.275 e. The maximum atomic E-state index is 12.3. The zero-order valence-electron chi connectivity index (χ0n) is 15.3. The third kappa shape index (κ3) is 5.37. The Balaban J connectivity index is 1.52. The molecule has 0 fully saturated rings. The third-order valence-corrected chi connectivity index (χ3v) is 4.32. The average Bonchev–Trinajstić information content (AvgIpc) is 2.70. The quantitative estimate of drug-likeness (QED) is 0.585. The second-order valence-corrected chi connectivity index (χ2v) is 6.61. The van der Waals surface area contributed by atoms with E-state index >= 15 is 0 Å². The Labute approximate surface area is 168 Å². The summed E-state index contributed by atoms with van der Waals surface area (Å²) in [5.74, 6) is 0.204. The van der Waals surface area contributed by atoms with E-state index in [0.717, 1.165) is 12.0 Å². The number of ketones is 1. The van der Waals surface area contributed by atoms with Gasteiger partial charge in [0.1, 0.15) is 11.5 Å². The van der Waals surface area contributed by atoms with Crippen LogP contribution in [0.4, 0.5) is 11.5 Å². The number of Topliss-reactive ketones (excluding diaryl/α,β-unsaturated/α-hetero) is 1. The van der Waals surface area contributed by atoms with Crippen molar-refractivity contribution in [2.24, 2.45) is 0 Å². The van der Waals surface area contributed by atoms with Crippen molar-refractivity contribution in [3.05, 3.63) is 82.8 Å². The van der Waals surface area contributed by atoms with E-state index in [9.17, 15) is 9.59 Å². The lowest BCUT2D eigenvalue weighted by Crippen LogP contribution is -2.15. The van der Waals surface area contributed by atoms with Gasteiger partial charge >= 0.3 is 0 Å². The van der Waals surface area contributed by atoms with Gasteiger partial charge in [0.2, 0.25) is 0 Å². The van der Waals surface area contributed by atoms with Gasteiger partial charge in [-0.2, -0.15) is 0 Å². The van der Waals surface area contributed by atoms with Crippen molar-refractivity contribution in [2.45, 2.75) is 13.3 Å². The van der Waals surface area contributed by atoms with Crippen LogP contribution in [0.3, 0.4) is 0 Å². The van der Waals surface area contributed by atoms with Crippen LogP contribution in [-0.4, -0.2) is 28.2 Å². The summed E-state index contributed by atoms with van der Waals surface area (Å²) in [5, 5.41) is 6.61. The van der Waals surface area contributed by atoms with E-state index < -0.39 is 0 Å².